The second kappa shape index (κ2) is 10.3. The Hall–Kier alpha value is 0.603. The smallest absolute Gasteiger partial charge is 0.660 e. The zero-order valence-electron chi connectivity index (χ0n) is 14.9. The molecule has 5 heteroatoms. The molecule has 0 aromatic carbocycles. The van der Waals surface area contributed by atoms with Gasteiger partial charge in [-0.2, -0.15) is 0 Å². The minimum absolute atomic E-state index is 0. The van der Waals surface area contributed by atoms with Gasteiger partial charge in [0, 0.05) is 12.1 Å². The number of hydrogen-bond donors (Lipinski definition) is 2. The zero-order valence-corrected chi connectivity index (χ0v) is 16.9. The number of hydrogen-bond acceptors (Lipinski definition) is 2. The van der Waals surface area contributed by atoms with Crippen molar-refractivity contribution < 1.29 is 21.9 Å². The van der Waals surface area contributed by atoms with Gasteiger partial charge < -0.3 is 22.8 Å². The van der Waals surface area contributed by atoms with E-state index in [4.69, 9.17) is 4.98 Å². The molecule has 3 nitrogen and oxygen atoms in total. The van der Waals surface area contributed by atoms with Crippen LogP contribution in [0.1, 0.15) is 47.5 Å². The van der Waals surface area contributed by atoms with E-state index in [0.29, 0.717) is 12.1 Å². The first kappa shape index (κ1) is 25.6. The molecule has 2 N–H and O–H groups in total. The largest absolute Gasteiger partial charge is 2.00 e. The fraction of sp³-hybridized carbons (Fsp3) is 0.933. The Balaban J connectivity index is -0.00000144. The van der Waals surface area contributed by atoms with E-state index in [2.05, 4.69) is 52.7 Å². The molecule has 0 aromatic rings. The topological polar surface area (TPSA) is 46.4 Å². The summed E-state index contributed by atoms with van der Waals surface area (Å²) in [5.74, 6) is 0. The van der Waals surface area contributed by atoms with Gasteiger partial charge in [0.05, 0.1) is 6.10 Å². The van der Waals surface area contributed by atoms with Crippen LogP contribution >= 0.6 is 0 Å². The van der Waals surface area contributed by atoms with E-state index < -0.39 is 8.24 Å². The van der Waals surface area contributed by atoms with E-state index in [-0.39, 0.29) is 35.8 Å². The molecule has 0 aliphatic rings. The molecule has 3 atom stereocenters. The van der Waals surface area contributed by atoms with Crippen molar-refractivity contribution >= 4 is 8.24 Å². The molecule has 20 heavy (non-hydrogen) atoms. The van der Waals surface area contributed by atoms with Crippen LogP contribution in [-0.2, 0) is 16.8 Å². The maximum Gasteiger partial charge on any atom is 2.00 e. The fourth-order valence-corrected chi connectivity index (χ4v) is 4.73. The molecule has 0 fully saturated rings. The first-order valence-corrected chi connectivity index (χ1v) is 10.5. The number of aliphatic hydroxyl groups is 1. The van der Waals surface area contributed by atoms with Crippen LogP contribution in [-0.4, -0.2) is 37.1 Å². The van der Waals surface area contributed by atoms with Crippen LogP contribution in [0.3, 0.4) is 0 Å². The fourth-order valence-electron chi connectivity index (χ4n) is 2.83. The van der Waals surface area contributed by atoms with Crippen molar-refractivity contribution in [2.24, 2.45) is 0 Å². The van der Waals surface area contributed by atoms with E-state index in [0.717, 1.165) is 12.8 Å². The summed E-state index contributed by atoms with van der Waals surface area (Å²) in [5.41, 5.74) is 0.0431. The summed E-state index contributed by atoms with van der Waals surface area (Å²) < 4.78 is 0. The standard InChI is InChI=1S/C14H33N2OSi.CH3.Co/c1-11(9-13(3)17)15-12(2)10-14(4,5)16-18(6,7)8;;/h11-13,15,17H,9-10H2,1-8H3;1H3;/q2*-1;+2. The molecule has 0 spiro atoms. The van der Waals surface area contributed by atoms with Crippen LogP contribution in [0.2, 0.25) is 19.6 Å². The van der Waals surface area contributed by atoms with Gasteiger partial charge in [-0.25, -0.2) is 0 Å². The normalized spacial score (nSPS) is 16.6. The summed E-state index contributed by atoms with van der Waals surface area (Å²) in [6.45, 7) is 17.5. The Kier molecular flexibility index (Phi) is 13.2. The summed E-state index contributed by atoms with van der Waals surface area (Å²) in [6.07, 6.45) is 1.61. The Morgan fingerprint density at radius 2 is 1.55 bits per heavy atom. The van der Waals surface area contributed by atoms with Crippen molar-refractivity contribution in [1.82, 2.24) is 5.32 Å². The Morgan fingerprint density at radius 3 is 1.90 bits per heavy atom. The molecular weight excluding hydrogens is 311 g/mol. The summed E-state index contributed by atoms with van der Waals surface area (Å²) in [5, 5.41) is 12.9. The number of rotatable bonds is 8. The minimum Gasteiger partial charge on any atom is -0.660 e. The molecule has 1 radical (unpaired) electrons. The van der Waals surface area contributed by atoms with Gasteiger partial charge in [0.25, 0.3) is 0 Å². The average molecular weight is 347 g/mol. The summed E-state index contributed by atoms with van der Waals surface area (Å²) in [6, 6.07) is 0.775. The summed E-state index contributed by atoms with van der Waals surface area (Å²) in [4.78, 5) is 5.00. The number of nitrogens with one attached hydrogen (secondary N) is 1. The first-order valence-electron chi connectivity index (χ1n) is 7.09. The third kappa shape index (κ3) is 15.0. The van der Waals surface area contributed by atoms with Gasteiger partial charge in [0.1, 0.15) is 0 Å². The molecule has 0 amide bonds. The van der Waals surface area contributed by atoms with Crippen molar-refractivity contribution in [3.63, 3.8) is 0 Å². The van der Waals surface area contributed by atoms with Crippen LogP contribution in [0.15, 0.2) is 0 Å². The Labute approximate surface area is 139 Å². The molecule has 3 unspecified atom stereocenters. The third-order valence-electron chi connectivity index (χ3n) is 2.71. The second-order valence-electron chi connectivity index (χ2n) is 7.35. The van der Waals surface area contributed by atoms with E-state index in [9.17, 15) is 5.11 Å². The molecular formula is C15H36CoN2OSi. The van der Waals surface area contributed by atoms with Gasteiger partial charge in [0.2, 0.25) is 0 Å². The van der Waals surface area contributed by atoms with Gasteiger partial charge in [-0.3, -0.25) is 0 Å². The molecule has 0 heterocycles. The van der Waals surface area contributed by atoms with Gasteiger partial charge >= 0.3 is 16.8 Å². The molecule has 0 bridgehead atoms. The average Bonchev–Trinajstić information content (AvgIpc) is 1.92. The van der Waals surface area contributed by atoms with Gasteiger partial charge in [0.15, 0.2) is 0 Å². The van der Waals surface area contributed by atoms with Crippen LogP contribution in [0.25, 0.3) is 4.98 Å². The molecule has 0 saturated carbocycles. The van der Waals surface area contributed by atoms with Gasteiger partial charge in [-0.15, -0.1) is 5.54 Å². The predicted octanol–water partition coefficient (Wildman–Crippen LogP) is 3.95. The van der Waals surface area contributed by atoms with Crippen LogP contribution in [0.5, 0.6) is 0 Å². The van der Waals surface area contributed by atoms with Crippen molar-refractivity contribution in [1.29, 1.82) is 0 Å². The maximum absolute atomic E-state index is 9.37. The van der Waals surface area contributed by atoms with Crippen molar-refractivity contribution in [3.8, 4) is 0 Å². The van der Waals surface area contributed by atoms with E-state index >= 15 is 0 Å². The van der Waals surface area contributed by atoms with Crippen molar-refractivity contribution in [3.05, 3.63) is 12.4 Å². The minimum atomic E-state index is -1.37. The van der Waals surface area contributed by atoms with E-state index in [1.54, 1.807) is 0 Å². The van der Waals surface area contributed by atoms with Gasteiger partial charge in [-0.05, 0) is 27.2 Å². The molecule has 0 rings (SSSR count). The Bertz CT molecular complexity index is 243. The van der Waals surface area contributed by atoms with Crippen molar-refractivity contribution in [2.45, 2.75) is 90.8 Å². The molecule has 0 aliphatic carbocycles. The third-order valence-corrected chi connectivity index (χ3v) is 3.98. The Morgan fingerprint density at radius 1 is 1.10 bits per heavy atom. The maximum atomic E-state index is 9.37. The summed E-state index contributed by atoms with van der Waals surface area (Å²) >= 11 is 0. The second-order valence-corrected chi connectivity index (χ2v) is 11.9. The number of aliphatic hydroxyl groups excluding tert-OH is 1. The predicted molar refractivity (Wildman–Crippen MR) is 90.2 cm³/mol. The molecule has 0 aromatic heterocycles. The zero-order chi connectivity index (χ0) is 14.6. The van der Waals surface area contributed by atoms with E-state index in [1.165, 1.54) is 0 Å². The molecule has 0 aliphatic heterocycles. The van der Waals surface area contributed by atoms with Gasteiger partial charge in [-0.1, -0.05) is 48.1 Å². The van der Waals surface area contributed by atoms with Crippen molar-refractivity contribution in [2.75, 3.05) is 0 Å². The first-order chi connectivity index (χ1) is 7.91. The number of nitrogens with zero attached hydrogens (tertiary/aromatic N) is 1. The summed E-state index contributed by atoms with van der Waals surface area (Å²) in [7, 11) is -1.37. The van der Waals surface area contributed by atoms with Crippen LogP contribution < -0.4 is 5.32 Å². The van der Waals surface area contributed by atoms with E-state index in [1.807, 2.05) is 6.92 Å². The van der Waals surface area contributed by atoms with Crippen LogP contribution in [0.4, 0.5) is 0 Å². The molecule has 0 saturated heterocycles. The molecule has 125 valence electrons. The monoisotopic (exact) mass is 347 g/mol. The SMILES string of the molecule is CC(O)CC(C)NC(C)CC(C)(C)[N-][Si](C)(C)C.[CH3-].[Co+2]. The van der Waals surface area contributed by atoms with Crippen LogP contribution in [0, 0.1) is 7.43 Å². The quantitative estimate of drug-likeness (QED) is 0.516.